The fraction of sp³-hybridized carbons (Fsp3) is 0.263. The number of hydrogen-bond donors (Lipinski definition) is 4. The quantitative estimate of drug-likeness (QED) is 0.410. The molecule has 27 heavy (non-hydrogen) atoms. The van der Waals surface area contributed by atoms with E-state index in [-0.39, 0.29) is 12.1 Å². The summed E-state index contributed by atoms with van der Waals surface area (Å²) in [6.07, 6.45) is 0.692. The molecule has 0 radical (unpaired) electrons. The van der Waals surface area contributed by atoms with E-state index in [1.54, 1.807) is 0 Å². The minimum Gasteiger partial charge on any atom is -0.337 e. The molecule has 144 valence electrons. The van der Waals surface area contributed by atoms with Crippen molar-refractivity contribution in [3.63, 3.8) is 0 Å². The summed E-state index contributed by atoms with van der Waals surface area (Å²) >= 11 is 6.54. The van der Waals surface area contributed by atoms with Gasteiger partial charge in [0.1, 0.15) is 0 Å². The van der Waals surface area contributed by atoms with Crippen LogP contribution >= 0.6 is 31.9 Å². The number of amides is 4. The van der Waals surface area contributed by atoms with E-state index >= 15 is 0 Å². The molecule has 2 rings (SSSR count). The zero-order valence-electron chi connectivity index (χ0n) is 14.7. The normalized spacial score (nSPS) is 10.1. The zero-order chi connectivity index (χ0) is 19.5. The molecule has 6 nitrogen and oxygen atoms in total. The van der Waals surface area contributed by atoms with Crippen molar-refractivity contribution in [3.05, 3.63) is 59.7 Å². The smallest absolute Gasteiger partial charge is 0.319 e. The number of carbonyl (C=O) groups excluding carboxylic acids is 2. The van der Waals surface area contributed by atoms with E-state index in [1.807, 2.05) is 48.5 Å². The van der Waals surface area contributed by atoms with Gasteiger partial charge in [-0.25, -0.2) is 9.59 Å². The second kappa shape index (κ2) is 11.6. The Labute approximate surface area is 175 Å². The van der Waals surface area contributed by atoms with E-state index in [4.69, 9.17) is 0 Å². The Hall–Kier alpha value is -2.06. The highest BCUT2D eigenvalue weighted by atomic mass is 79.9. The zero-order valence-corrected chi connectivity index (χ0v) is 17.9. The average molecular weight is 498 g/mol. The maximum Gasteiger partial charge on any atom is 0.319 e. The number of rotatable bonds is 8. The van der Waals surface area contributed by atoms with E-state index in [0.29, 0.717) is 30.2 Å². The Kier molecular flexibility index (Phi) is 9.13. The number of alkyl halides is 2. The minimum absolute atomic E-state index is 0.229. The third kappa shape index (κ3) is 8.01. The standard InChI is InChI=1S/C19H22Br2N4O2/c20-7-9-22-18(26)24-16-5-1-3-14(12-16)11-15-4-2-6-17(13-15)25-19(27)23-10-8-21/h1-6,12-13H,7-11H2,(H2,22,24,26)(H2,23,25,27). The molecule has 0 fully saturated rings. The monoisotopic (exact) mass is 496 g/mol. The number of carbonyl (C=O) groups is 2. The highest BCUT2D eigenvalue weighted by molar-refractivity contribution is 9.09. The molecular weight excluding hydrogens is 476 g/mol. The number of nitrogens with one attached hydrogen (secondary N) is 4. The van der Waals surface area contributed by atoms with Crippen LogP contribution in [-0.2, 0) is 6.42 Å². The van der Waals surface area contributed by atoms with Gasteiger partial charge in [0, 0.05) is 35.1 Å². The molecule has 0 atom stereocenters. The molecular formula is C19H22Br2N4O2. The van der Waals surface area contributed by atoms with Gasteiger partial charge in [-0.05, 0) is 41.8 Å². The molecule has 4 N–H and O–H groups in total. The summed E-state index contributed by atoms with van der Waals surface area (Å²) in [6.45, 7) is 1.13. The SMILES string of the molecule is O=C(NCCBr)Nc1cccc(Cc2cccc(NC(=O)NCCBr)c2)c1. The second-order valence-electron chi connectivity index (χ2n) is 5.72. The van der Waals surface area contributed by atoms with E-state index in [2.05, 4.69) is 53.1 Å². The van der Waals surface area contributed by atoms with Crippen LogP contribution in [0.2, 0.25) is 0 Å². The molecule has 0 bridgehead atoms. The van der Waals surface area contributed by atoms with Gasteiger partial charge in [-0.3, -0.25) is 0 Å². The number of halogens is 2. The van der Waals surface area contributed by atoms with Gasteiger partial charge in [0.25, 0.3) is 0 Å². The van der Waals surface area contributed by atoms with Gasteiger partial charge >= 0.3 is 12.1 Å². The second-order valence-corrected chi connectivity index (χ2v) is 7.30. The molecule has 0 saturated carbocycles. The van der Waals surface area contributed by atoms with Gasteiger partial charge in [0.05, 0.1) is 0 Å². The molecule has 0 aliphatic carbocycles. The van der Waals surface area contributed by atoms with Crippen molar-refractivity contribution in [3.8, 4) is 0 Å². The third-order valence-electron chi connectivity index (χ3n) is 3.54. The third-order valence-corrected chi connectivity index (χ3v) is 4.33. The van der Waals surface area contributed by atoms with Crippen molar-refractivity contribution >= 4 is 55.3 Å². The molecule has 0 unspecified atom stereocenters. The van der Waals surface area contributed by atoms with Gasteiger partial charge < -0.3 is 21.3 Å². The summed E-state index contributed by atoms with van der Waals surface area (Å²) in [5.41, 5.74) is 3.61. The van der Waals surface area contributed by atoms with Crippen molar-refractivity contribution in [2.24, 2.45) is 0 Å². The number of hydrogen-bond acceptors (Lipinski definition) is 2. The predicted molar refractivity (Wildman–Crippen MR) is 117 cm³/mol. The van der Waals surface area contributed by atoms with Gasteiger partial charge in [0.2, 0.25) is 0 Å². The van der Waals surface area contributed by atoms with Gasteiger partial charge in [-0.2, -0.15) is 0 Å². The fourth-order valence-corrected chi connectivity index (χ4v) is 2.82. The first-order valence-electron chi connectivity index (χ1n) is 8.50. The Balaban J connectivity index is 1.98. The van der Waals surface area contributed by atoms with Crippen LogP contribution in [0.25, 0.3) is 0 Å². The first kappa shape index (κ1) is 21.2. The Morgan fingerprint density at radius 3 is 1.59 bits per heavy atom. The predicted octanol–water partition coefficient (Wildman–Crippen LogP) is 4.31. The van der Waals surface area contributed by atoms with E-state index in [0.717, 1.165) is 22.5 Å². The Morgan fingerprint density at radius 2 is 1.19 bits per heavy atom. The van der Waals surface area contributed by atoms with Gasteiger partial charge in [0.15, 0.2) is 0 Å². The highest BCUT2D eigenvalue weighted by Crippen LogP contribution is 2.17. The lowest BCUT2D eigenvalue weighted by Crippen LogP contribution is -2.30. The Morgan fingerprint density at radius 1 is 0.741 bits per heavy atom. The van der Waals surface area contributed by atoms with Crippen LogP contribution in [0.1, 0.15) is 11.1 Å². The van der Waals surface area contributed by atoms with E-state index in [9.17, 15) is 9.59 Å². The molecule has 0 aromatic heterocycles. The first-order valence-corrected chi connectivity index (χ1v) is 10.7. The molecule has 0 aliphatic rings. The molecule has 0 saturated heterocycles. The maximum atomic E-state index is 11.8. The van der Waals surface area contributed by atoms with E-state index < -0.39 is 0 Å². The van der Waals surface area contributed by atoms with Crippen molar-refractivity contribution in [2.75, 3.05) is 34.4 Å². The summed E-state index contributed by atoms with van der Waals surface area (Å²) in [5.74, 6) is 0. The number of urea groups is 2. The molecule has 2 aromatic rings. The van der Waals surface area contributed by atoms with Crippen LogP contribution in [0.3, 0.4) is 0 Å². The lowest BCUT2D eigenvalue weighted by molar-refractivity contribution is 0.252. The summed E-state index contributed by atoms with van der Waals surface area (Å²) in [5, 5.41) is 12.5. The van der Waals surface area contributed by atoms with Crippen molar-refractivity contribution in [1.82, 2.24) is 10.6 Å². The van der Waals surface area contributed by atoms with Crippen LogP contribution in [0, 0.1) is 0 Å². The summed E-state index contributed by atoms with van der Waals surface area (Å²) in [7, 11) is 0. The summed E-state index contributed by atoms with van der Waals surface area (Å²) < 4.78 is 0. The van der Waals surface area contributed by atoms with E-state index in [1.165, 1.54) is 0 Å². The van der Waals surface area contributed by atoms with Crippen LogP contribution in [0.5, 0.6) is 0 Å². The molecule has 0 aliphatic heterocycles. The summed E-state index contributed by atoms with van der Waals surface area (Å²) in [6, 6.07) is 14.9. The average Bonchev–Trinajstić information content (AvgIpc) is 2.65. The molecule has 0 heterocycles. The van der Waals surface area contributed by atoms with Crippen LogP contribution in [0.15, 0.2) is 48.5 Å². The summed E-state index contributed by atoms with van der Waals surface area (Å²) in [4.78, 5) is 23.5. The maximum absolute atomic E-state index is 11.8. The molecule has 4 amide bonds. The van der Waals surface area contributed by atoms with Gasteiger partial charge in [-0.1, -0.05) is 56.1 Å². The number of anilines is 2. The van der Waals surface area contributed by atoms with Gasteiger partial charge in [-0.15, -0.1) is 0 Å². The molecule has 0 spiro atoms. The van der Waals surface area contributed by atoms with Crippen LogP contribution < -0.4 is 21.3 Å². The Bertz CT molecular complexity index is 707. The first-order chi connectivity index (χ1) is 13.1. The van der Waals surface area contributed by atoms with Crippen LogP contribution in [-0.4, -0.2) is 35.8 Å². The largest absolute Gasteiger partial charge is 0.337 e. The number of benzene rings is 2. The van der Waals surface area contributed by atoms with Crippen LogP contribution in [0.4, 0.5) is 21.0 Å². The fourth-order valence-electron chi connectivity index (χ4n) is 2.43. The van der Waals surface area contributed by atoms with Crippen molar-refractivity contribution in [1.29, 1.82) is 0 Å². The highest BCUT2D eigenvalue weighted by Gasteiger charge is 2.05. The topological polar surface area (TPSA) is 82.3 Å². The van der Waals surface area contributed by atoms with Crippen molar-refractivity contribution in [2.45, 2.75) is 6.42 Å². The minimum atomic E-state index is -0.229. The van der Waals surface area contributed by atoms with Crippen molar-refractivity contribution < 1.29 is 9.59 Å². The molecule has 8 heteroatoms. The lowest BCUT2D eigenvalue weighted by Gasteiger charge is -2.10. The lowest BCUT2D eigenvalue weighted by atomic mass is 10.0. The molecule has 2 aromatic carbocycles.